The van der Waals surface area contributed by atoms with Gasteiger partial charge in [0.25, 0.3) is 5.91 Å². The average molecular weight is 287 g/mol. The van der Waals surface area contributed by atoms with Gasteiger partial charge >= 0.3 is 0 Å². The smallest absolute Gasteiger partial charge is 0.254 e. The fraction of sp³-hybridized carbons (Fsp3) is 0.471. The molecular formula is C17H21NO3. The van der Waals surface area contributed by atoms with E-state index in [-0.39, 0.29) is 18.6 Å². The van der Waals surface area contributed by atoms with Crippen LogP contribution in [0.5, 0.6) is 0 Å². The van der Waals surface area contributed by atoms with Crippen molar-refractivity contribution >= 4 is 5.91 Å². The van der Waals surface area contributed by atoms with E-state index in [0.717, 1.165) is 11.1 Å². The second kappa shape index (κ2) is 7.26. The third-order valence-electron chi connectivity index (χ3n) is 3.47. The lowest BCUT2D eigenvalue weighted by Crippen LogP contribution is -2.44. The van der Waals surface area contributed by atoms with Gasteiger partial charge in [-0.05, 0) is 31.5 Å². The number of aryl methyl sites for hydroxylation is 1. The largest absolute Gasteiger partial charge is 0.395 e. The second-order valence-corrected chi connectivity index (χ2v) is 5.24. The molecule has 1 heterocycles. The molecule has 1 aliphatic rings. The normalized spacial score (nSPS) is 18.0. The molecule has 0 aliphatic carbocycles. The van der Waals surface area contributed by atoms with Crippen molar-refractivity contribution in [3.63, 3.8) is 0 Å². The maximum Gasteiger partial charge on any atom is 0.254 e. The Morgan fingerprint density at radius 1 is 1.52 bits per heavy atom. The summed E-state index contributed by atoms with van der Waals surface area (Å²) in [6.45, 7) is 5.80. The van der Waals surface area contributed by atoms with Gasteiger partial charge in [-0.25, -0.2) is 0 Å². The van der Waals surface area contributed by atoms with Gasteiger partial charge in [0.15, 0.2) is 0 Å². The first-order chi connectivity index (χ1) is 10.1. The lowest BCUT2D eigenvalue weighted by molar-refractivity contribution is -0.0124. The number of carbonyl (C=O) groups is 1. The molecule has 1 atom stereocenters. The van der Waals surface area contributed by atoms with Crippen LogP contribution in [0.25, 0.3) is 0 Å². The monoisotopic (exact) mass is 287 g/mol. The van der Waals surface area contributed by atoms with Gasteiger partial charge in [-0.1, -0.05) is 17.9 Å². The molecule has 0 radical (unpaired) electrons. The van der Waals surface area contributed by atoms with Gasteiger partial charge in [-0.15, -0.1) is 0 Å². The van der Waals surface area contributed by atoms with Gasteiger partial charge in [0.05, 0.1) is 19.3 Å². The summed E-state index contributed by atoms with van der Waals surface area (Å²) in [5, 5.41) is 8.75. The summed E-state index contributed by atoms with van der Waals surface area (Å²) in [5.74, 6) is 5.89. The lowest BCUT2D eigenvalue weighted by Gasteiger charge is -2.31. The highest BCUT2D eigenvalue weighted by atomic mass is 16.5. The van der Waals surface area contributed by atoms with E-state index in [1.807, 2.05) is 36.9 Å². The molecule has 1 saturated heterocycles. The molecule has 112 valence electrons. The molecule has 1 N–H and O–H groups in total. The molecule has 21 heavy (non-hydrogen) atoms. The van der Waals surface area contributed by atoms with Crippen molar-refractivity contribution in [2.24, 2.45) is 0 Å². The molecule has 2 rings (SSSR count). The van der Waals surface area contributed by atoms with Gasteiger partial charge < -0.3 is 14.7 Å². The molecule has 0 aromatic heterocycles. The van der Waals surface area contributed by atoms with Crippen LogP contribution in [0.2, 0.25) is 0 Å². The Balaban J connectivity index is 2.20. The molecule has 4 heteroatoms. The number of morpholine rings is 1. The van der Waals surface area contributed by atoms with E-state index in [9.17, 15) is 4.79 Å². The van der Waals surface area contributed by atoms with Crippen molar-refractivity contribution in [3.8, 4) is 11.8 Å². The zero-order chi connectivity index (χ0) is 15.2. The summed E-state index contributed by atoms with van der Waals surface area (Å²) < 4.78 is 5.47. The Kier molecular flexibility index (Phi) is 5.38. The van der Waals surface area contributed by atoms with E-state index in [0.29, 0.717) is 31.7 Å². The predicted molar refractivity (Wildman–Crippen MR) is 81.1 cm³/mol. The van der Waals surface area contributed by atoms with E-state index in [4.69, 9.17) is 9.84 Å². The third-order valence-corrected chi connectivity index (χ3v) is 3.47. The molecule has 0 spiro atoms. The van der Waals surface area contributed by atoms with Crippen LogP contribution in [-0.2, 0) is 4.74 Å². The van der Waals surface area contributed by atoms with E-state index in [1.54, 1.807) is 0 Å². The highest BCUT2D eigenvalue weighted by Crippen LogP contribution is 2.16. The fourth-order valence-electron chi connectivity index (χ4n) is 2.32. The van der Waals surface area contributed by atoms with Crippen LogP contribution in [-0.4, -0.2) is 48.3 Å². The van der Waals surface area contributed by atoms with Crippen LogP contribution in [0.3, 0.4) is 0 Å². The molecular weight excluding hydrogens is 266 g/mol. The van der Waals surface area contributed by atoms with Crippen LogP contribution >= 0.6 is 0 Å². The van der Waals surface area contributed by atoms with E-state index in [2.05, 4.69) is 11.8 Å². The number of benzene rings is 1. The van der Waals surface area contributed by atoms with Gasteiger partial charge in [0.2, 0.25) is 0 Å². The van der Waals surface area contributed by atoms with Crippen LogP contribution < -0.4 is 0 Å². The van der Waals surface area contributed by atoms with Gasteiger partial charge in [-0.3, -0.25) is 4.79 Å². The number of amides is 1. The van der Waals surface area contributed by atoms with Crippen molar-refractivity contribution in [2.75, 3.05) is 26.3 Å². The molecule has 1 amide bonds. The highest BCUT2D eigenvalue weighted by Gasteiger charge is 2.23. The van der Waals surface area contributed by atoms with Crippen molar-refractivity contribution in [1.82, 2.24) is 4.90 Å². The van der Waals surface area contributed by atoms with Gasteiger partial charge in [-0.2, -0.15) is 0 Å². The SMILES string of the molecule is Cc1ccc(C#CCCO)cc1C(=O)N1CCOC(C)C1. The second-order valence-electron chi connectivity index (χ2n) is 5.24. The maximum absolute atomic E-state index is 12.6. The Morgan fingerprint density at radius 2 is 2.33 bits per heavy atom. The molecule has 1 aromatic rings. The minimum Gasteiger partial charge on any atom is -0.395 e. The predicted octanol–water partition coefficient (Wildman–Crippen LogP) is 1.59. The van der Waals surface area contributed by atoms with Crippen LogP contribution in [0.4, 0.5) is 0 Å². The molecule has 1 fully saturated rings. The Hall–Kier alpha value is -1.83. The van der Waals surface area contributed by atoms with E-state index >= 15 is 0 Å². The molecule has 0 saturated carbocycles. The number of aliphatic hydroxyl groups is 1. The topological polar surface area (TPSA) is 49.8 Å². The maximum atomic E-state index is 12.6. The van der Waals surface area contributed by atoms with Crippen molar-refractivity contribution in [1.29, 1.82) is 0 Å². The van der Waals surface area contributed by atoms with Gasteiger partial charge in [0.1, 0.15) is 0 Å². The first-order valence-electron chi connectivity index (χ1n) is 7.23. The quantitative estimate of drug-likeness (QED) is 0.840. The van der Waals surface area contributed by atoms with Crippen molar-refractivity contribution < 1.29 is 14.6 Å². The number of rotatable bonds is 2. The zero-order valence-corrected chi connectivity index (χ0v) is 12.6. The summed E-state index contributed by atoms with van der Waals surface area (Å²) in [5.41, 5.74) is 2.45. The van der Waals surface area contributed by atoms with Gasteiger partial charge in [0, 0.05) is 30.6 Å². The summed E-state index contributed by atoms with van der Waals surface area (Å²) in [7, 11) is 0. The standard InChI is InChI=1S/C17H21NO3/c1-13-6-7-15(5-3-4-9-19)11-16(13)17(20)18-8-10-21-14(2)12-18/h6-7,11,14,19H,4,8-10,12H2,1-2H3. The average Bonchev–Trinajstić information content (AvgIpc) is 2.48. The van der Waals surface area contributed by atoms with Crippen LogP contribution in [0.1, 0.15) is 34.8 Å². The number of ether oxygens (including phenoxy) is 1. The molecule has 1 aliphatic heterocycles. The zero-order valence-electron chi connectivity index (χ0n) is 12.6. The fourth-order valence-corrected chi connectivity index (χ4v) is 2.32. The summed E-state index contributed by atoms with van der Waals surface area (Å²) >= 11 is 0. The van der Waals surface area contributed by atoms with Crippen LogP contribution in [0.15, 0.2) is 18.2 Å². The summed E-state index contributed by atoms with van der Waals surface area (Å²) in [6, 6.07) is 5.65. The number of hydrogen-bond donors (Lipinski definition) is 1. The number of nitrogens with zero attached hydrogens (tertiary/aromatic N) is 1. The summed E-state index contributed by atoms with van der Waals surface area (Å²) in [6.07, 6.45) is 0.522. The minimum absolute atomic E-state index is 0.0356. The molecule has 1 unspecified atom stereocenters. The Morgan fingerprint density at radius 3 is 3.05 bits per heavy atom. The Bertz CT molecular complexity index is 571. The van der Waals surface area contributed by atoms with Crippen molar-refractivity contribution in [2.45, 2.75) is 26.4 Å². The third kappa shape index (κ3) is 4.07. The Labute approximate surface area is 125 Å². The number of hydrogen-bond acceptors (Lipinski definition) is 3. The molecule has 4 nitrogen and oxygen atoms in total. The van der Waals surface area contributed by atoms with E-state index < -0.39 is 0 Å². The minimum atomic E-state index is 0.0356. The van der Waals surface area contributed by atoms with Crippen LogP contribution in [0, 0.1) is 18.8 Å². The van der Waals surface area contributed by atoms with Crippen molar-refractivity contribution in [3.05, 3.63) is 34.9 Å². The molecule has 1 aromatic carbocycles. The lowest BCUT2D eigenvalue weighted by atomic mass is 10.0. The number of aliphatic hydroxyl groups excluding tert-OH is 1. The first kappa shape index (κ1) is 15.6. The summed E-state index contributed by atoms with van der Waals surface area (Å²) in [4.78, 5) is 14.5. The highest BCUT2D eigenvalue weighted by molar-refractivity contribution is 5.96. The number of carbonyl (C=O) groups excluding carboxylic acids is 1. The molecule has 0 bridgehead atoms. The first-order valence-corrected chi connectivity index (χ1v) is 7.23. The van der Waals surface area contributed by atoms with E-state index in [1.165, 1.54) is 0 Å².